The van der Waals surface area contributed by atoms with Crippen molar-refractivity contribution in [3.63, 3.8) is 0 Å². The zero-order valence-electron chi connectivity index (χ0n) is 30.5. The van der Waals surface area contributed by atoms with Gasteiger partial charge in [-0.2, -0.15) is 0 Å². The zero-order valence-corrected chi connectivity index (χ0v) is 30.5. The lowest BCUT2D eigenvalue weighted by molar-refractivity contribution is 0.666. The van der Waals surface area contributed by atoms with Gasteiger partial charge in [0.2, 0.25) is 0 Å². The van der Waals surface area contributed by atoms with Crippen LogP contribution in [0, 0.1) is 0 Å². The summed E-state index contributed by atoms with van der Waals surface area (Å²) in [5.41, 5.74) is 16.0. The van der Waals surface area contributed by atoms with E-state index in [2.05, 4.69) is 219 Å². The lowest BCUT2D eigenvalue weighted by Gasteiger charge is -2.30. The highest BCUT2D eigenvalue weighted by atomic mass is 15.1. The Hall–Kier alpha value is -6.70. The van der Waals surface area contributed by atoms with Gasteiger partial charge < -0.3 is 4.90 Å². The minimum atomic E-state index is -0.150. The maximum Gasteiger partial charge on any atom is 0.0549 e. The molecule has 1 nitrogen and oxygen atoms in total. The summed E-state index contributed by atoms with van der Waals surface area (Å²) in [7, 11) is 0. The molecule has 54 heavy (non-hydrogen) atoms. The molecule has 0 aromatic heterocycles. The molecule has 0 aliphatic heterocycles. The molecule has 9 aromatic rings. The molecular formula is C53H39N. The number of rotatable bonds is 6. The van der Waals surface area contributed by atoms with Crippen LogP contribution < -0.4 is 4.90 Å². The summed E-state index contributed by atoms with van der Waals surface area (Å²) in [5, 5.41) is 5.08. The SMILES string of the molecule is CC1(C)c2ccccc2-c2c(N(c3ccc(-c4ccc(-c5ccccc5)cc4)cc3)c3ccc(-c4ccc5ccccc5c4)cc3)cc3ccccc3c21. The van der Waals surface area contributed by atoms with Crippen molar-refractivity contribution < 1.29 is 0 Å². The van der Waals surface area contributed by atoms with E-state index in [0.717, 1.165) is 11.4 Å². The van der Waals surface area contributed by atoms with E-state index in [4.69, 9.17) is 0 Å². The molecule has 0 spiro atoms. The second kappa shape index (κ2) is 12.8. The monoisotopic (exact) mass is 689 g/mol. The molecule has 10 rings (SSSR count). The van der Waals surface area contributed by atoms with Gasteiger partial charge >= 0.3 is 0 Å². The van der Waals surface area contributed by atoms with Crippen LogP contribution in [-0.4, -0.2) is 0 Å². The first-order chi connectivity index (χ1) is 26.5. The topological polar surface area (TPSA) is 3.24 Å². The molecule has 0 N–H and O–H groups in total. The fourth-order valence-electron chi connectivity index (χ4n) is 8.70. The van der Waals surface area contributed by atoms with Crippen molar-refractivity contribution in [2.45, 2.75) is 19.3 Å². The van der Waals surface area contributed by atoms with Crippen LogP contribution in [0.4, 0.5) is 17.1 Å². The van der Waals surface area contributed by atoms with E-state index < -0.39 is 0 Å². The summed E-state index contributed by atoms with van der Waals surface area (Å²) in [5.74, 6) is 0. The Morgan fingerprint density at radius 3 is 1.52 bits per heavy atom. The molecule has 1 heteroatoms. The predicted molar refractivity (Wildman–Crippen MR) is 230 cm³/mol. The average molecular weight is 690 g/mol. The summed E-state index contributed by atoms with van der Waals surface area (Å²) in [6.07, 6.45) is 0. The van der Waals surface area contributed by atoms with E-state index in [1.165, 1.54) is 82.9 Å². The Morgan fingerprint density at radius 2 is 0.852 bits per heavy atom. The number of fused-ring (bicyclic) bond motifs is 6. The van der Waals surface area contributed by atoms with Gasteiger partial charge in [0.05, 0.1) is 5.69 Å². The van der Waals surface area contributed by atoms with Gasteiger partial charge in [0, 0.05) is 22.4 Å². The smallest absolute Gasteiger partial charge is 0.0549 e. The van der Waals surface area contributed by atoms with Gasteiger partial charge in [-0.3, -0.25) is 0 Å². The van der Waals surface area contributed by atoms with Crippen LogP contribution in [0.1, 0.15) is 25.0 Å². The highest BCUT2D eigenvalue weighted by Crippen LogP contribution is 2.56. The Morgan fingerprint density at radius 1 is 0.370 bits per heavy atom. The van der Waals surface area contributed by atoms with Crippen LogP contribution in [0.15, 0.2) is 200 Å². The first-order valence-electron chi connectivity index (χ1n) is 18.8. The summed E-state index contributed by atoms with van der Waals surface area (Å²) < 4.78 is 0. The van der Waals surface area contributed by atoms with Crippen LogP contribution in [0.3, 0.4) is 0 Å². The van der Waals surface area contributed by atoms with E-state index in [1.807, 2.05) is 0 Å². The molecule has 0 unspecified atom stereocenters. The highest BCUT2D eigenvalue weighted by Gasteiger charge is 2.39. The Bertz CT molecular complexity index is 2810. The lowest BCUT2D eigenvalue weighted by Crippen LogP contribution is -2.16. The summed E-state index contributed by atoms with van der Waals surface area (Å²) in [4.78, 5) is 2.47. The van der Waals surface area contributed by atoms with Crippen molar-refractivity contribution in [3.05, 3.63) is 211 Å². The molecule has 0 saturated heterocycles. The van der Waals surface area contributed by atoms with Crippen LogP contribution in [-0.2, 0) is 5.41 Å². The highest BCUT2D eigenvalue weighted by molar-refractivity contribution is 6.06. The fraction of sp³-hybridized carbons (Fsp3) is 0.0566. The molecule has 0 amide bonds. The molecule has 0 bridgehead atoms. The molecular weight excluding hydrogens is 651 g/mol. The van der Waals surface area contributed by atoms with Gasteiger partial charge in [-0.15, -0.1) is 0 Å². The maximum absolute atomic E-state index is 2.47. The van der Waals surface area contributed by atoms with E-state index in [0.29, 0.717) is 0 Å². The largest absolute Gasteiger partial charge is 0.310 e. The number of hydrogen-bond donors (Lipinski definition) is 0. The zero-order chi connectivity index (χ0) is 36.2. The van der Waals surface area contributed by atoms with E-state index >= 15 is 0 Å². The molecule has 0 atom stereocenters. The lowest BCUT2D eigenvalue weighted by atomic mass is 9.80. The summed E-state index contributed by atoms with van der Waals surface area (Å²) in [6.45, 7) is 4.77. The minimum absolute atomic E-state index is 0.150. The van der Waals surface area contributed by atoms with Crippen LogP contribution >= 0.6 is 0 Å². The molecule has 0 radical (unpaired) electrons. The third-order valence-corrected chi connectivity index (χ3v) is 11.4. The normalized spacial score (nSPS) is 12.8. The van der Waals surface area contributed by atoms with Gasteiger partial charge in [-0.25, -0.2) is 0 Å². The van der Waals surface area contributed by atoms with Crippen LogP contribution in [0.2, 0.25) is 0 Å². The van der Waals surface area contributed by atoms with Gasteiger partial charge in [-0.05, 0) is 108 Å². The van der Waals surface area contributed by atoms with Crippen molar-refractivity contribution in [2.24, 2.45) is 0 Å². The summed E-state index contributed by atoms with van der Waals surface area (Å²) >= 11 is 0. The van der Waals surface area contributed by atoms with E-state index in [-0.39, 0.29) is 5.41 Å². The van der Waals surface area contributed by atoms with Crippen molar-refractivity contribution in [2.75, 3.05) is 4.90 Å². The third kappa shape index (κ3) is 5.32. The van der Waals surface area contributed by atoms with Gasteiger partial charge in [0.25, 0.3) is 0 Å². The summed E-state index contributed by atoms with van der Waals surface area (Å²) in [6, 6.07) is 73.3. The quantitative estimate of drug-likeness (QED) is 0.168. The van der Waals surface area contributed by atoms with E-state index in [9.17, 15) is 0 Å². The Balaban J connectivity index is 1.13. The number of anilines is 3. The minimum Gasteiger partial charge on any atom is -0.310 e. The molecule has 0 saturated carbocycles. The molecule has 9 aromatic carbocycles. The number of hydrogen-bond acceptors (Lipinski definition) is 1. The molecule has 1 aliphatic rings. The van der Waals surface area contributed by atoms with Crippen molar-refractivity contribution in [3.8, 4) is 44.5 Å². The third-order valence-electron chi connectivity index (χ3n) is 11.4. The first-order valence-corrected chi connectivity index (χ1v) is 18.8. The van der Waals surface area contributed by atoms with E-state index in [1.54, 1.807) is 0 Å². The molecule has 0 heterocycles. The maximum atomic E-state index is 2.47. The van der Waals surface area contributed by atoms with Gasteiger partial charge in [0.1, 0.15) is 0 Å². The Labute approximate surface area is 317 Å². The van der Waals surface area contributed by atoms with Gasteiger partial charge in [0.15, 0.2) is 0 Å². The van der Waals surface area contributed by atoms with Crippen molar-refractivity contribution in [1.29, 1.82) is 0 Å². The Kier molecular flexibility index (Phi) is 7.56. The van der Waals surface area contributed by atoms with Crippen molar-refractivity contribution in [1.82, 2.24) is 0 Å². The second-order valence-electron chi connectivity index (χ2n) is 15.0. The molecule has 1 aliphatic carbocycles. The standard InChI is InChI=1S/C53H39N/c1-53(2)49-19-11-10-18-48(49)51-50(35-44-16-8-9-17-47(44)52(51)53)54(46-32-28-41(29-33-46)43-25-24-37-14-6-7-15-42(37)34-43)45-30-26-40(27-31-45)39-22-20-38(21-23-39)36-12-4-3-5-13-36/h3-35H,1-2H3. The number of nitrogens with zero attached hydrogens (tertiary/aromatic N) is 1. The van der Waals surface area contributed by atoms with Gasteiger partial charge in [-0.1, -0.05) is 178 Å². The molecule has 0 fully saturated rings. The van der Waals surface area contributed by atoms with Crippen LogP contribution in [0.25, 0.3) is 66.1 Å². The molecule has 256 valence electrons. The fourth-order valence-corrected chi connectivity index (χ4v) is 8.70. The van der Waals surface area contributed by atoms with Crippen LogP contribution in [0.5, 0.6) is 0 Å². The first kappa shape index (κ1) is 32.0. The average Bonchev–Trinajstić information content (AvgIpc) is 3.48. The number of benzene rings is 9. The second-order valence-corrected chi connectivity index (χ2v) is 15.0. The predicted octanol–water partition coefficient (Wildman–Crippen LogP) is 14.8. The van der Waals surface area contributed by atoms with Crippen molar-refractivity contribution >= 4 is 38.6 Å².